The second kappa shape index (κ2) is 11.6. The molecule has 3 aromatic rings. The maximum Gasteiger partial charge on any atom is 0.359 e. The first-order chi connectivity index (χ1) is 16.3. The van der Waals surface area contributed by atoms with Gasteiger partial charge >= 0.3 is 5.97 Å². The van der Waals surface area contributed by atoms with Crippen LogP contribution in [0.4, 0.5) is 5.69 Å². The number of hydrogen-bond acceptors (Lipinski definition) is 7. The molecule has 9 nitrogen and oxygen atoms in total. The van der Waals surface area contributed by atoms with E-state index >= 15 is 0 Å². The highest BCUT2D eigenvalue weighted by Gasteiger charge is 2.15. The third kappa shape index (κ3) is 6.86. The zero-order valence-electron chi connectivity index (χ0n) is 18.9. The summed E-state index contributed by atoms with van der Waals surface area (Å²) in [7, 11) is 0. The second-order valence-corrected chi connectivity index (χ2v) is 7.66. The summed E-state index contributed by atoms with van der Waals surface area (Å²) in [6.45, 7) is 3.38. The van der Waals surface area contributed by atoms with Crippen molar-refractivity contribution >= 4 is 23.3 Å². The van der Waals surface area contributed by atoms with Gasteiger partial charge in [-0.2, -0.15) is 5.10 Å². The van der Waals surface area contributed by atoms with Gasteiger partial charge in [-0.25, -0.2) is 9.48 Å². The molecule has 1 aromatic heterocycles. The maximum absolute atomic E-state index is 12.4. The van der Waals surface area contributed by atoms with Crippen LogP contribution >= 0.6 is 0 Å². The normalized spacial score (nSPS) is 10.6. The number of anilines is 1. The van der Waals surface area contributed by atoms with Crippen LogP contribution in [0.3, 0.4) is 0 Å². The Morgan fingerprint density at radius 3 is 2.35 bits per heavy atom. The Bertz CT molecular complexity index is 1200. The molecule has 2 aromatic carbocycles. The van der Waals surface area contributed by atoms with Crippen LogP contribution in [-0.2, 0) is 16.1 Å². The minimum Gasteiger partial charge on any atom is -0.492 e. The van der Waals surface area contributed by atoms with Crippen LogP contribution in [0.1, 0.15) is 34.7 Å². The molecule has 0 aliphatic heterocycles. The van der Waals surface area contributed by atoms with Gasteiger partial charge in [0.15, 0.2) is 18.1 Å². The summed E-state index contributed by atoms with van der Waals surface area (Å²) in [4.78, 5) is 48.5. The summed E-state index contributed by atoms with van der Waals surface area (Å²) in [5.41, 5.74) is 0.397. The number of rotatable bonds is 10. The molecule has 0 aliphatic carbocycles. The third-order valence-electron chi connectivity index (χ3n) is 4.72. The van der Waals surface area contributed by atoms with Crippen molar-refractivity contribution in [3.8, 4) is 5.75 Å². The van der Waals surface area contributed by atoms with Gasteiger partial charge in [0.25, 0.3) is 5.56 Å². The number of nitrogens with zero attached hydrogens (tertiary/aromatic N) is 2. The molecular formula is C25H25N3O6. The summed E-state index contributed by atoms with van der Waals surface area (Å²) in [6.07, 6.45) is 0. The zero-order chi connectivity index (χ0) is 24.5. The van der Waals surface area contributed by atoms with Gasteiger partial charge in [-0.05, 0) is 42.5 Å². The summed E-state index contributed by atoms with van der Waals surface area (Å²) in [5.74, 6) is -0.889. The largest absolute Gasteiger partial charge is 0.492 e. The zero-order valence-corrected chi connectivity index (χ0v) is 18.9. The van der Waals surface area contributed by atoms with Gasteiger partial charge in [0.2, 0.25) is 5.91 Å². The number of aromatic nitrogens is 2. The summed E-state index contributed by atoms with van der Waals surface area (Å²) < 4.78 is 11.7. The number of Topliss-reactive ketones (excluding diaryl/α,β-unsaturated/α-hetero) is 1. The number of hydrogen-bond donors (Lipinski definition) is 1. The number of carbonyl (C=O) groups is 3. The Morgan fingerprint density at radius 1 is 0.971 bits per heavy atom. The number of carbonyl (C=O) groups excluding carboxylic acids is 3. The Kier molecular flexibility index (Phi) is 8.28. The van der Waals surface area contributed by atoms with E-state index in [2.05, 4.69) is 10.4 Å². The van der Waals surface area contributed by atoms with Crippen molar-refractivity contribution in [1.82, 2.24) is 9.78 Å². The number of ether oxygens (including phenoxy) is 2. The molecule has 176 valence electrons. The third-order valence-corrected chi connectivity index (χ3v) is 4.72. The smallest absolute Gasteiger partial charge is 0.359 e. The lowest BCUT2D eigenvalue weighted by Crippen LogP contribution is -2.27. The van der Waals surface area contributed by atoms with E-state index in [4.69, 9.17) is 9.47 Å². The van der Waals surface area contributed by atoms with Gasteiger partial charge in [-0.15, -0.1) is 0 Å². The van der Waals surface area contributed by atoms with E-state index in [0.717, 1.165) is 4.68 Å². The van der Waals surface area contributed by atoms with Crippen LogP contribution in [0.5, 0.6) is 5.75 Å². The van der Waals surface area contributed by atoms with E-state index in [1.54, 1.807) is 38.1 Å². The van der Waals surface area contributed by atoms with Crippen LogP contribution in [0.2, 0.25) is 0 Å². The fourth-order valence-corrected chi connectivity index (χ4v) is 2.80. The molecule has 3 rings (SSSR count). The lowest BCUT2D eigenvalue weighted by Gasteiger charge is -2.09. The Balaban J connectivity index is 1.54. The van der Waals surface area contributed by atoms with Crippen molar-refractivity contribution in [3.63, 3.8) is 0 Å². The molecule has 34 heavy (non-hydrogen) atoms. The number of esters is 1. The Morgan fingerprint density at radius 2 is 1.68 bits per heavy atom. The molecule has 1 heterocycles. The molecule has 0 unspecified atom stereocenters. The molecule has 0 spiro atoms. The van der Waals surface area contributed by atoms with Crippen LogP contribution in [-0.4, -0.2) is 40.7 Å². The molecule has 0 saturated carbocycles. The van der Waals surface area contributed by atoms with Gasteiger partial charge < -0.3 is 14.8 Å². The van der Waals surface area contributed by atoms with E-state index < -0.39 is 23.9 Å². The minimum absolute atomic E-state index is 0.0983. The molecule has 1 N–H and O–H groups in total. The molecule has 0 atom stereocenters. The highest BCUT2D eigenvalue weighted by molar-refractivity contribution is 5.99. The number of amides is 1. The summed E-state index contributed by atoms with van der Waals surface area (Å²) in [5, 5.41) is 6.74. The molecule has 1 amide bonds. The molecule has 0 radical (unpaired) electrons. The maximum atomic E-state index is 12.4. The fraction of sp³-hybridized carbons (Fsp3) is 0.240. The minimum atomic E-state index is -0.827. The second-order valence-electron chi connectivity index (χ2n) is 7.66. The van der Waals surface area contributed by atoms with Crippen molar-refractivity contribution in [3.05, 3.63) is 88.3 Å². The number of para-hydroxylation sites is 1. The van der Waals surface area contributed by atoms with E-state index in [1.807, 2.05) is 18.2 Å². The topological polar surface area (TPSA) is 117 Å². The molecule has 0 aliphatic rings. The van der Waals surface area contributed by atoms with Crippen molar-refractivity contribution in [2.45, 2.75) is 20.4 Å². The Labute approximate surface area is 196 Å². The van der Waals surface area contributed by atoms with Crippen molar-refractivity contribution in [1.29, 1.82) is 0 Å². The first-order valence-corrected chi connectivity index (χ1v) is 10.7. The number of benzene rings is 2. The fourth-order valence-electron chi connectivity index (χ4n) is 2.80. The first kappa shape index (κ1) is 24.4. The average molecular weight is 463 g/mol. The van der Waals surface area contributed by atoms with Gasteiger partial charge in [0.1, 0.15) is 12.4 Å². The van der Waals surface area contributed by atoms with E-state index in [9.17, 15) is 19.2 Å². The van der Waals surface area contributed by atoms with Crippen LogP contribution < -0.4 is 15.6 Å². The van der Waals surface area contributed by atoms with Gasteiger partial charge in [-0.1, -0.05) is 32.0 Å². The van der Waals surface area contributed by atoms with E-state index in [0.29, 0.717) is 17.0 Å². The highest BCUT2D eigenvalue weighted by Crippen LogP contribution is 2.12. The van der Waals surface area contributed by atoms with Gasteiger partial charge in [0, 0.05) is 23.2 Å². The standard InChI is InChI=1S/C25H25N3O6/c1-17(2)24(31)26-19-10-8-18(9-11-19)22(29)16-34-25(32)21-12-13-23(30)28(27-21)14-15-33-20-6-4-3-5-7-20/h3-13,17H,14-16H2,1-2H3,(H,26,31). The molecule has 9 heteroatoms. The number of nitrogens with one attached hydrogen (secondary N) is 1. The quantitative estimate of drug-likeness (QED) is 0.363. The van der Waals surface area contributed by atoms with Crippen molar-refractivity contribution in [2.24, 2.45) is 5.92 Å². The number of ketones is 1. The highest BCUT2D eigenvalue weighted by atomic mass is 16.5. The molecular weight excluding hydrogens is 438 g/mol. The summed E-state index contributed by atoms with van der Waals surface area (Å²) >= 11 is 0. The summed E-state index contributed by atoms with van der Waals surface area (Å²) in [6, 6.07) is 17.8. The van der Waals surface area contributed by atoms with Crippen LogP contribution in [0.25, 0.3) is 0 Å². The lowest BCUT2D eigenvalue weighted by molar-refractivity contribution is -0.118. The van der Waals surface area contributed by atoms with Crippen molar-refractivity contribution in [2.75, 3.05) is 18.5 Å². The van der Waals surface area contributed by atoms with Crippen molar-refractivity contribution < 1.29 is 23.9 Å². The molecule has 0 bridgehead atoms. The Hall–Kier alpha value is -4.27. The predicted molar refractivity (Wildman–Crippen MR) is 125 cm³/mol. The van der Waals surface area contributed by atoms with Crippen LogP contribution in [0, 0.1) is 5.92 Å². The van der Waals surface area contributed by atoms with Crippen LogP contribution in [0.15, 0.2) is 71.5 Å². The molecule has 0 saturated heterocycles. The predicted octanol–water partition coefficient (Wildman–Crippen LogP) is 2.96. The van der Waals surface area contributed by atoms with E-state index in [-0.39, 0.29) is 30.7 Å². The SMILES string of the molecule is CC(C)C(=O)Nc1ccc(C(=O)COC(=O)c2ccc(=O)n(CCOc3ccccc3)n2)cc1. The molecule has 0 fully saturated rings. The lowest BCUT2D eigenvalue weighted by atomic mass is 10.1. The van der Waals surface area contributed by atoms with Gasteiger partial charge in [0.05, 0.1) is 6.54 Å². The first-order valence-electron chi connectivity index (χ1n) is 10.7. The monoisotopic (exact) mass is 463 g/mol. The van der Waals surface area contributed by atoms with E-state index in [1.165, 1.54) is 24.3 Å². The average Bonchev–Trinajstić information content (AvgIpc) is 2.84. The van der Waals surface area contributed by atoms with Gasteiger partial charge in [-0.3, -0.25) is 14.4 Å².